The van der Waals surface area contributed by atoms with Gasteiger partial charge >= 0.3 is 6.18 Å². The number of alkyl halides is 3. The Kier molecular flexibility index (Phi) is 6.83. The third-order valence-corrected chi connectivity index (χ3v) is 7.18. The number of anilines is 3. The van der Waals surface area contributed by atoms with Crippen LogP contribution >= 0.6 is 0 Å². The number of nitriles is 2. The molecule has 1 fully saturated rings. The number of hydrogen-bond acceptors (Lipinski definition) is 6. The lowest BCUT2D eigenvalue weighted by Crippen LogP contribution is -2.31. The van der Waals surface area contributed by atoms with Crippen LogP contribution in [0, 0.1) is 28.6 Å². The van der Waals surface area contributed by atoms with Gasteiger partial charge in [0.2, 0.25) is 11.9 Å². The van der Waals surface area contributed by atoms with Gasteiger partial charge in [0.1, 0.15) is 6.04 Å². The Balaban J connectivity index is 1.64. The van der Waals surface area contributed by atoms with Crippen molar-refractivity contribution in [2.45, 2.75) is 51.2 Å². The smallest absolute Gasteiger partial charge is 0.293 e. The van der Waals surface area contributed by atoms with E-state index in [1.807, 2.05) is 0 Å². The fraction of sp³-hybridized carbons (Fsp3) is 0.321. The average Bonchev–Trinajstić information content (AvgIpc) is 3.35. The molecule has 1 N–H and O–H groups in total. The fourth-order valence-electron chi connectivity index (χ4n) is 5.18. The highest BCUT2D eigenvalue weighted by Gasteiger charge is 2.38. The van der Waals surface area contributed by atoms with Crippen molar-refractivity contribution >= 4 is 23.5 Å². The number of benzene rings is 2. The van der Waals surface area contributed by atoms with Crippen molar-refractivity contribution in [1.29, 1.82) is 10.5 Å². The number of fused-ring (bicyclic) bond motifs is 1. The molecular formula is C28H24F3N7O. The number of carbonyl (C=O) groups is 1. The molecule has 2 aliphatic rings. The van der Waals surface area contributed by atoms with Crippen LogP contribution in [0.15, 0.2) is 59.8 Å². The second-order valence-electron chi connectivity index (χ2n) is 9.63. The van der Waals surface area contributed by atoms with Crippen molar-refractivity contribution in [3.63, 3.8) is 0 Å². The highest BCUT2D eigenvalue weighted by Crippen LogP contribution is 2.43. The maximum Gasteiger partial charge on any atom is 0.416 e. The van der Waals surface area contributed by atoms with Gasteiger partial charge in [-0.3, -0.25) is 15.0 Å². The lowest BCUT2D eigenvalue weighted by molar-refractivity contribution is -0.137. The van der Waals surface area contributed by atoms with E-state index < -0.39 is 17.8 Å². The van der Waals surface area contributed by atoms with Crippen LogP contribution in [-0.4, -0.2) is 20.7 Å². The molecule has 1 aliphatic heterocycles. The number of carbonyl (C=O) groups excluding carboxylic acids is 1. The minimum absolute atomic E-state index is 0.00295. The first-order chi connectivity index (χ1) is 18.7. The van der Waals surface area contributed by atoms with E-state index in [1.54, 1.807) is 31.2 Å². The molecule has 1 amide bonds. The van der Waals surface area contributed by atoms with Crippen LogP contribution in [0.2, 0.25) is 0 Å². The summed E-state index contributed by atoms with van der Waals surface area (Å²) in [6.45, 7) is 1.63. The Hall–Kier alpha value is -4.64. The van der Waals surface area contributed by atoms with Crippen LogP contribution in [0.4, 0.5) is 30.8 Å². The molecule has 198 valence electrons. The number of allylic oxidation sites excluding steroid dienone is 2. The van der Waals surface area contributed by atoms with Gasteiger partial charge in [0.05, 0.1) is 28.8 Å². The molecule has 0 saturated heterocycles. The molecule has 39 heavy (non-hydrogen) atoms. The molecule has 1 aliphatic carbocycles. The van der Waals surface area contributed by atoms with Gasteiger partial charge in [0, 0.05) is 17.3 Å². The van der Waals surface area contributed by atoms with Gasteiger partial charge < -0.3 is 0 Å². The zero-order valence-electron chi connectivity index (χ0n) is 21.0. The standard InChI is InChI=1S/C28H24F3N7O/c1-17-23(16-33)24(19-12-10-18(15-32)11-13-19)38-27(37(17)22-9-5-8-21(14-22)28(29,30)31)35-26(36-38)34-25(39)20-6-3-2-4-7-20/h5,8-14,20,24H,2-4,6-7H2,1H3,(H,34,36,39). The molecule has 1 aromatic heterocycles. The van der Waals surface area contributed by atoms with Crippen molar-refractivity contribution in [2.24, 2.45) is 5.92 Å². The van der Waals surface area contributed by atoms with E-state index in [9.17, 15) is 28.5 Å². The van der Waals surface area contributed by atoms with Crippen LogP contribution in [0.5, 0.6) is 0 Å². The lowest BCUT2D eigenvalue weighted by atomic mass is 9.89. The number of aromatic nitrogens is 3. The van der Waals surface area contributed by atoms with Gasteiger partial charge in [0.25, 0.3) is 5.95 Å². The summed E-state index contributed by atoms with van der Waals surface area (Å²) in [6, 6.07) is 14.8. The number of rotatable bonds is 4. The van der Waals surface area contributed by atoms with Gasteiger partial charge in [-0.1, -0.05) is 37.5 Å². The summed E-state index contributed by atoms with van der Waals surface area (Å²) in [6.07, 6.45) is -0.0279. The lowest BCUT2D eigenvalue weighted by Gasteiger charge is -2.34. The van der Waals surface area contributed by atoms with Crippen molar-refractivity contribution < 1.29 is 18.0 Å². The van der Waals surface area contributed by atoms with Gasteiger partial charge in [-0.15, -0.1) is 5.10 Å². The molecule has 2 heterocycles. The number of nitrogens with one attached hydrogen (secondary N) is 1. The summed E-state index contributed by atoms with van der Waals surface area (Å²) < 4.78 is 42.1. The maximum absolute atomic E-state index is 13.6. The van der Waals surface area contributed by atoms with E-state index in [0.717, 1.165) is 44.2 Å². The molecule has 8 nitrogen and oxygen atoms in total. The first-order valence-corrected chi connectivity index (χ1v) is 12.6. The molecule has 11 heteroatoms. The predicted octanol–water partition coefficient (Wildman–Crippen LogP) is 6.23. The fourth-order valence-corrected chi connectivity index (χ4v) is 5.18. The summed E-state index contributed by atoms with van der Waals surface area (Å²) in [5.74, 6) is -0.214. The second-order valence-corrected chi connectivity index (χ2v) is 9.63. The van der Waals surface area contributed by atoms with E-state index in [4.69, 9.17) is 0 Å². The predicted molar refractivity (Wildman–Crippen MR) is 136 cm³/mol. The summed E-state index contributed by atoms with van der Waals surface area (Å²) in [4.78, 5) is 18.9. The summed E-state index contributed by atoms with van der Waals surface area (Å²) in [5.41, 5.74) is 0.962. The largest absolute Gasteiger partial charge is 0.416 e. The molecule has 2 aromatic carbocycles. The topological polar surface area (TPSA) is 111 Å². The minimum Gasteiger partial charge on any atom is -0.293 e. The third kappa shape index (κ3) is 4.96. The summed E-state index contributed by atoms with van der Waals surface area (Å²) in [7, 11) is 0. The Morgan fingerprint density at radius 1 is 1.05 bits per heavy atom. The molecule has 1 saturated carbocycles. The zero-order chi connectivity index (χ0) is 27.7. The Morgan fingerprint density at radius 3 is 2.41 bits per heavy atom. The second kappa shape index (κ2) is 10.3. The van der Waals surface area contributed by atoms with Crippen molar-refractivity contribution in [2.75, 3.05) is 10.2 Å². The maximum atomic E-state index is 13.6. The van der Waals surface area contributed by atoms with Crippen LogP contribution < -0.4 is 10.2 Å². The molecule has 5 rings (SSSR count). The molecule has 0 bridgehead atoms. The summed E-state index contributed by atoms with van der Waals surface area (Å²) >= 11 is 0. The first-order valence-electron chi connectivity index (χ1n) is 12.6. The van der Waals surface area contributed by atoms with Crippen LogP contribution in [0.1, 0.15) is 61.8 Å². The highest BCUT2D eigenvalue weighted by atomic mass is 19.4. The minimum atomic E-state index is -4.57. The molecule has 0 radical (unpaired) electrons. The Bertz CT molecular complexity index is 1520. The number of amides is 1. The van der Waals surface area contributed by atoms with Gasteiger partial charge in [-0.25, -0.2) is 4.68 Å². The van der Waals surface area contributed by atoms with Gasteiger partial charge in [0.15, 0.2) is 0 Å². The molecule has 3 aromatic rings. The van der Waals surface area contributed by atoms with Crippen LogP contribution in [0.3, 0.4) is 0 Å². The van der Waals surface area contributed by atoms with E-state index in [-0.39, 0.29) is 35.0 Å². The monoisotopic (exact) mass is 531 g/mol. The van der Waals surface area contributed by atoms with Crippen molar-refractivity contribution in [1.82, 2.24) is 14.8 Å². The third-order valence-electron chi connectivity index (χ3n) is 7.18. The van der Waals surface area contributed by atoms with E-state index in [2.05, 4.69) is 27.5 Å². The van der Waals surface area contributed by atoms with Crippen molar-refractivity contribution in [3.05, 3.63) is 76.5 Å². The number of hydrogen-bond donors (Lipinski definition) is 1. The van der Waals surface area contributed by atoms with Crippen LogP contribution in [0.25, 0.3) is 0 Å². The van der Waals surface area contributed by atoms with Gasteiger partial charge in [-0.2, -0.15) is 28.7 Å². The number of nitrogens with zero attached hydrogens (tertiary/aromatic N) is 6. The molecule has 1 unspecified atom stereocenters. The first kappa shape index (κ1) is 26.0. The van der Waals surface area contributed by atoms with Gasteiger partial charge in [-0.05, 0) is 55.7 Å². The SMILES string of the molecule is CC1=C(C#N)C(c2ccc(C#N)cc2)n2nc(NC(=O)C3CCCCC3)nc2N1c1cccc(C(F)(F)F)c1. The quantitative estimate of drug-likeness (QED) is 0.428. The zero-order valence-corrected chi connectivity index (χ0v) is 21.0. The summed E-state index contributed by atoms with van der Waals surface area (Å²) in [5, 5.41) is 26.7. The average molecular weight is 532 g/mol. The Labute approximate surface area is 223 Å². The molecule has 1 atom stereocenters. The normalized spacial score (nSPS) is 17.8. The van der Waals surface area contributed by atoms with Crippen LogP contribution in [-0.2, 0) is 11.0 Å². The van der Waals surface area contributed by atoms with E-state index in [0.29, 0.717) is 16.8 Å². The van der Waals surface area contributed by atoms with E-state index >= 15 is 0 Å². The molecular weight excluding hydrogens is 507 g/mol. The highest BCUT2D eigenvalue weighted by molar-refractivity contribution is 5.91. The number of halogens is 3. The Morgan fingerprint density at radius 2 is 1.77 bits per heavy atom. The van der Waals surface area contributed by atoms with Crippen molar-refractivity contribution in [3.8, 4) is 12.1 Å². The van der Waals surface area contributed by atoms with E-state index in [1.165, 1.54) is 21.7 Å². The molecule has 0 spiro atoms.